The topological polar surface area (TPSA) is 90.4 Å². The Labute approximate surface area is 96.9 Å². The number of benzene rings is 1. The third-order valence-corrected chi connectivity index (χ3v) is 2.24. The summed E-state index contributed by atoms with van der Waals surface area (Å²) in [4.78, 5) is 11.6. The predicted molar refractivity (Wildman–Crippen MR) is 62.5 cm³/mol. The maximum Gasteiger partial charge on any atom is 0.275 e. The van der Waals surface area contributed by atoms with Crippen molar-refractivity contribution in [3.8, 4) is 17.2 Å². The molecule has 0 fully saturated rings. The summed E-state index contributed by atoms with van der Waals surface area (Å²) >= 11 is 0. The lowest BCUT2D eigenvalue weighted by Crippen LogP contribution is -2.21. The second-order valence-electron chi connectivity index (χ2n) is 3.37. The van der Waals surface area contributed by atoms with E-state index < -0.39 is 5.56 Å². The average molecular weight is 233 g/mol. The Hall–Kier alpha value is -2.50. The summed E-state index contributed by atoms with van der Waals surface area (Å²) in [5, 5.41) is 13.0. The number of ether oxygens (including phenoxy) is 1. The number of aromatic hydroxyl groups is 1. The van der Waals surface area contributed by atoms with Crippen molar-refractivity contribution in [1.82, 2.24) is 9.78 Å². The van der Waals surface area contributed by atoms with Crippen molar-refractivity contribution in [3.63, 3.8) is 0 Å². The van der Waals surface area contributed by atoms with E-state index in [0.717, 1.165) is 10.7 Å². The molecule has 17 heavy (non-hydrogen) atoms. The summed E-state index contributed by atoms with van der Waals surface area (Å²) in [6, 6.07) is 7.82. The molecule has 0 aliphatic carbocycles. The van der Waals surface area contributed by atoms with Crippen LogP contribution in [-0.2, 0) is 0 Å². The van der Waals surface area contributed by atoms with Gasteiger partial charge in [-0.1, -0.05) is 6.07 Å². The molecule has 0 unspecified atom stereocenters. The second kappa shape index (κ2) is 4.17. The van der Waals surface area contributed by atoms with E-state index in [4.69, 9.17) is 10.5 Å². The highest BCUT2D eigenvalue weighted by atomic mass is 16.5. The summed E-state index contributed by atoms with van der Waals surface area (Å²) in [7, 11) is 1.53. The number of aromatic nitrogens is 2. The van der Waals surface area contributed by atoms with Crippen LogP contribution in [0.4, 0.5) is 5.82 Å². The van der Waals surface area contributed by atoms with Gasteiger partial charge in [0, 0.05) is 6.07 Å². The molecule has 1 heterocycles. The summed E-state index contributed by atoms with van der Waals surface area (Å²) in [6.07, 6.45) is 0. The molecule has 0 bridgehead atoms. The number of nitrogens with two attached hydrogens (primary N) is 1. The first-order valence-electron chi connectivity index (χ1n) is 4.85. The first kappa shape index (κ1) is 11.0. The van der Waals surface area contributed by atoms with E-state index in [1.807, 2.05) is 0 Å². The first-order chi connectivity index (χ1) is 8.11. The number of hydrogen-bond donors (Lipinski definition) is 2. The second-order valence-corrected chi connectivity index (χ2v) is 3.37. The highest BCUT2D eigenvalue weighted by Crippen LogP contribution is 2.17. The molecule has 2 rings (SSSR count). The van der Waals surface area contributed by atoms with Crippen LogP contribution < -0.4 is 16.0 Å². The van der Waals surface area contributed by atoms with Gasteiger partial charge in [-0.3, -0.25) is 4.79 Å². The van der Waals surface area contributed by atoms with Crippen LogP contribution in [0.1, 0.15) is 0 Å². The molecule has 3 N–H and O–H groups in total. The summed E-state index contributed by atoms with van der Waals surface area (Å²) in [5.41, 5.74) is 5.49. The van der Waals surface area contributed by atoms with Gasteiger partial charge in [0.15, 0.2) is 11.6 Å². The SMILES string of the molecule is COc1cccc(-n2nc(N)c(O)cc2=O)c1. The fourth-order valence-electron chi connectivity index (χ4n) is 1.39. The van der Waals surface area contributed by atoms with Gasteiger partial charge >= 0.3 is 0 Å². The molecule has 2 aromatic rings. The van der Waals surface area contributed by atoms with E-state index in [1.165, 1.54) is 7.11 Å². The maximum absolute atomic E-state index is 11.6. The molecule has 0 saturated carbocycles. The summed E-state index contributed by atoms with van der Waals surface area (Å²) < 4.78 is 6.14. The summed E-state index contributed by atoms with van der Waals surface area (Å²) in [5.74, 6) is 0.171. The molecule has 1 aromatic heterocycles. The smallest absolute Gasteiger partial charge is 0.275 e. The van der Waals surface area contributed by atoms with Crippen LogP contribution in [0, 0.1) is 0 Å². The van der Waals surface area contributed by atoms with E-state index in [-0.39, 0.29) is 11.6 Å². The number of methoxy groups -OCH3 is 1. The number of nitrogen functional groups attached to an aromatic ring is 1. The van der Waals surface area contributed by atoms with Crippen molar-refractivity contribution in [2.24, 2.45) is 0 Å². The Morgan fingerprint density at radius 2 is 2.18 bits per heavy atom. The number of anilines is 1. The molecule has 0 saturated heterocycles. The lowest BCUT2D eigenvalue weighted by atomic mass is 10.3. The van der Waals surface area contributed by atoms with Gasteiger partial charge < -0.3 is 15.6 Å². The van der Waals surface area contributed by atoms with Gasteiger partial charge in [0.25, 0.3) is 5.56 Å². The van der Waals surface area contributed by atoms with Crippen LogP contribution >= 0.6 is 0 Å². The Kier molecular flexibility index (Phi) is 2.70. The molecule has 0 aliphatic heterocycles. The largest absolute Gasteiger partial charge is 0.504 e. The van der Waals surface area contributed by atoms with Crippen molar-refractivity contribution in [2.45, 2.75) is 0 Å². The van der Waals surface area contributed by atoms with Crippen LogP contribution in [0.25, 0.3) is 5.69 Å². The number of nitrogens with zero attached hydrogens (tertiary/aromatic N) is 2. The van der Waals surface area contributed by atoms with Gasteiger partial charge in [-0.05, 0) is 12.1 Å². The Bertz CT molecular complexity index is 607. The Morgan fingerprint density at radius 3 is 2.88 bits per heavy atom. The van der Waals surface area contributed by atoms with E-state index >= 15 is 0 Å². The van der Waals surface area contributed by atoms with Crippen LogP contribution in [0.5, 0.6) is 11.5 Å². The molecule has 0 spiro atoms. The molecule has 1 aromatic carbocycles. The third-order valence-electron chi connectivity index (χ3n) is 2.24. The quantitative estimate of drug-likeness (QED) is 0.789. The van der Waals surface area contributed by atoms with Gasteiger partial charge in [-0.15, -0.1) is 5.10 Å². The van der Waals surface area contributed by atoms with E-state index in [9.17, 15) is 9.90 Å². The minimum atomic E-state index is -0.468. The zero-order valence-corrected chi connectivity index (χ0v) is 9.12. The van der Waals surface area contributed by atoms with Crippen LogP contribution in [0.3, 0.4) is 0 Å². The van der Waals surface area contributed by atoms with E-state index in [1.54, 1.807) is 24.3 Å². The Morgan fingerprint density at radius 1 is 1.41 bits per heavy atom. The lowest BCUT2D eigenvalue weighted by Gasteiger charge is -2.07. The number of hydrogen-bond acceptors (Lipinski definition) is 5. The molecular weight excluding hydrogens is 222 g/mol. The zero-order chi connectivity index (χ0) is 12.4. The predicted octanol–water partition coefficient (Wildman–Crippen LogP) is 0.529. The number of rotatable bonds is 2. The van der Waals surface area contributed by atoms with Crippen LogP contribution in [0.15, 0.2) is 35.1 Å². The van der Waals surface area contributed by atoms with Crippen molar-refractivity contribution in [1.29, 1.82) is 0 Å². The van der Waals surface area contributed by atoms with E-state index in [2.05, 4.69) is 5.10 Å². The van der Waals surface area contributed by atoms with Crippen molar-refractivity contribution in [2.75, 3.05) is 12.8 Å². The van der Waals surface area contributed by atoms with Crippen molar-refractivity contribution < 1.29 is 9.84 Å². The first-order valence-corrected chi connectivity index (χ1v) is 4.85. The fraction of sp³-hybridized carbons (Fsp3) is 0.0909. The van der Waals surface area contributed by atoms with Gasteiger partial charge in [0.1, 0.15) is 5.75 Å². The van der Waals surface area contributed by atoms with Crippen molar-refractivity contribution in [3.05, 3.63) is 40.7 Å². The molecule has 6 heteroatoms. The molecule has 88 valence electrons. The molecular formula is C11H11N3O3. The normalized spacial score (nSPS) is 10.2. The zero-order valence-electron chi connectivity index (χ0n) is 9.12. The molecule has 0 radical (unpaired) electrons. The fourth-order valence-corrected chi connectivity index (χ4v) is 1.39. The van der Waals surface area contributed by atoms with Gasteiger partial charge in [0.05, 0.1) is 18.9 Å². The van der Waals surface area contributed by atoms with Gasteiger partial charge in [-0.25, -0.2) is 0 Å². The highest BCUT2D eigenvalue weighted by molar-refractivity contribution is 5.45. The molecule has 0 atom stereocenters. The average Bonchev–Trinajstić information content (AvgIpc) is 2.34. The van der Waals surface area contributed by atoms with Crippen molar-refractivity contribution >= 4 is 5.82 Å². The minimum absolute atomic E-state index is 0.104. The Balaban J connectivity index is 2.60. The van der Waals surface area contributed by atoms with Gasteiger partial charge in [0.2, 0.25) is 0 Å². The highest BCUT2D eigenvalue weighted by Gasteiger charge is 2.07. The molecule has 0 aliphatic rings. The summed E-state index contributed by atoms with van der Waals surface area (Å²) in [6.45, 7) is 0. The monoisotopic (exact) mass is 233 g/mol. The molecule has 0 amide bonds. The third kappa shape index (κ3) is 2.05. The maximum atomic E-state index is 11.6. The van der Waals surface area contributed by atoms with E-state index in [0.29, 0.717) is 11.4 Å². The lowest BCUT2D eigenvalue weighted by molar-refractivity contribution is 0.414. The standard InChI is InChI=1S/C11H11N3O3/c1-17-8-4-2-3-7(5-8)14-10(16)6-9(15)11(12)13-14/h2-6,15H,1H3,(H2,12,13). The van der Waals surface area contributed by atoms with Crippen LogP contribution in [-0.4, -0.2) is 22.0 Å². The van der Waals surface area contributed by atoms with Crippen LogP contribution in [0.2, 0.25) is 0 Å². The molecule has 6 nitrogen and oxygen atoms in total. The minimum Gasteiger partial charge on any atom is -0.504 e. The van der Waals surface area contributed by atoms with Gasteiger partial charge in [-0.2, -0.15) is 4.68 Å².